The second kappa shape index (κ2) is 5.40. The number of furan rings is 1. The molecule has 94 valence electrons. The summed E-state index contributed by atoms with van der Waals surface area (Å²) in [5, 5.41) is 3.16. The number of esters is 1. The second-order valence-electron chi connectivity index (χ2n) is 3.90. The first-order valence-corrected chi connectivity index (χ1v) is 5.67. The summed E-state index contributed by atoms with van der Waals surface area (Å²) in [5.74, 6) is 1.34. The second-order valence-corrected chi connectivity index (χ2v) is 3.90. The maximum Gasteiger partial charge on any atom is 0.339 e. The lowest BCUT2D eigenvalue weighted by Gasteiger charge is -2.09. The van der Waals surface area contributed by atoms with Gasteiger partial charge in [0.15, 0.2) is 0 Å². The first-order chi connectivity index (χ1) is 8.70. The topological polar surface area (TPSA) is 51.5 Å². The largest absolute Gasteiger partial charge is 0.465 e. The minimum absolute atomic E-state index is 0.353. The van der Waals surface area contributed by atoms with Crippen LogP contribution in [0.25, 0.3) is 0 Å². The summed E-state index contributed by atoms with van der Waals surface area (Å²) in [6, 6.07) is 11.0. The van der Waals surface area contributed by atoms with Gasteiger partial charge in [0.25, 0.3) is 0 Å². The number of aryl methyl sites for hydroxylation is 1. The zero-order valence-electron chi connectivity index (χ0n) is 10.4. The molecule has 0 bridgehead atoms. The molecule has 0 aliphatic carbocycles. The van der Waals surface area contributed by atoms with E-state index in [4.69, 9.17) is 9.15 Å². The zero-order chi connectivity index (χ0) is 13.0. The predicted octanol–water partition coefficient (Wildman–Crippen LogP) is 2.99. The van der Waals surface area contributed by atoms with Gasteiger partial charge in [0.1, 0.15) is 11.5 Å². The van der Waals surface area contributed by atoms with Crippen LogP contribution in [0.3, 0.4) is 0 Å². The Balaban J connectivity index is 2.11. The van der Waals surface area contributed by atoms with E-state index in [9.17, 15) is 4.79 Å². The Morgan fingerprint density at radius 1 is 1.28 bits per heavy atom. The van der Waals surface area contributed by atoms with Crippen LogP contribution < -0.4 is 5.32 Å². The standard InChI is InChI=1S/C14H15NO3/c1-10-7-8-11(18-10)9-15-13-6-4-3-5-12(13)14(16)17-2/h3-8,15H,9H2,1-2H3. The van der Waals surface area contributed by atoms with E-state index in [0.29, 0.717) is 12.1 Å². The molecule has 0 aliphatic rings. The molecule has 0 radical (unpaired) electrons. The van der Waals surface area contributed by atoms with Gasteiger partial charge in [-0.25, -0.2) is 4.79 Å². The Hall–Kier alpha value is -2.23. The van der Waals surface area contributed by atoms with Gasteiger partial charge in [-0.15, -0.1) is 0 Å². The number of rotatable bonds is 4. The molecule has 0 atom stereocenters. The van der Waals surface area contributed by atoms with Crippen LogP contribution in [-0.4, -0.2) is 13.1 Å². The van der Waals surface area contributed by atoms with Gasteiger partial charge in [-0.3, -0.25) is 0 Å². The summed E-state index contributed by atoms with van der Waals surface area (Å²) in [5.41, 5.74) is 1.25. The van der Waals surface area contributed by atoms with Crippen molar-refractivity contribution >= 4 is 11.7 Å². The summed E-state index contributed by atoms with van der Waals surface area (Å²) in [6.45, 7) is 2.42. The number of benzene rings is 1. The van der Waals surface area contributed by atoms with E-state index in [1.165, 1.54) is 7.11 Å². The molecule has 1 heterocycles. The van der Waals surface area contributed by atoms with E-state index >= 15 is 0 Å². The predicted molar refractivity (Wildman–Crippen MR) is 68.6 cm³/mol. The molecule has 0 fully saturated rings. The minimum Gasteiger partial charge on any atom is -0.465 e. The molecule has 18 heavy (non-hydrogen) atoms. The van der Waals surface area contributed by atoms with Gasteiger partial charge < -0.3 is 14.5 Å². The van der Waals surface area contributed by atoms with Gasteiger partial charge in [0.05, 0.1) is 19.2 Å². The number of ether oxygens (including phenoxy) is 1. The van der Waals surface area contributed by atoms with E-state index in [-0.39, 0.29) is 5.97 Å². The average Bonchev–Trinajstić information content (AvgIpc) is 2.81. The molecular weight excluding hydrogens is 230 g/mol. The van der Waals surface area contributed by atoms with Crippen LogP contribution in [0.4, 0.5) is 5.69 Å². The van der Waals surface area contributed by atoms with E-state index in [1.54, 1.807) is 12.1 Å². The summed E-state index contributed by atoms with van der Waals surface area (Å²) >= 11 is 0. The number of methoxy groups -OCH3 is 1. The number of nitrogens with one attached hydrogen (secondary N) is 1. The quantitative estimate of drug-likeness (QED) is 0.841. The van der Waals surface area contributed by atoms with Crippen molar-refractivity contribution in [2.45, 2.75) is 13.5 Å². The van der Waals surface area contributed by atoms with E-state index in [2.05, 4.69) is 5.32 Å². The molecule has 0 unspecified atom stereocenters. The van der Waals surface area contributed by atoms with Gasteiger partial charge in [0.2, 0.25) is 0 Å². The molecule has 0 saturated heterocycles. The maximum atomic E-state index is 11.6. The van der Waals surface area contributed by atoms with Crippen molar-refractivity contribution in [3.05, 3.63) is 53.5 Å². The monoisotopic (exact) mass is 245 g/mol. The summed E-state index contributed by atoms with van der Waals surface area (Å²) in [4.78, 5) is 11.6. The van der Waals surface area contributed by atoms with Crippen molar-refractivity contribution in [1.82, 2.24) is 0 Å². The third-order valence-corrected chi connectivity index (χ3v) is 2.58. The highest BCUT2D eigenvalue weighted by atomic mass is 16.5. The first kappa shape index (κ1) is 12.2. The van der Waals surface area contributed by atoms with Crippen LogP contribution in [0.5, 0.6) is 0 Å². The van der Waals surface area contributed by atoms with Crippen LogP contribution in [0.1, 0.15) is 21.9 Å². The Morgan fingerprint density at radius 3 is 2.72 bits per heavy atom. The molecule has 0 amide bonds. The molecule has 4 nitrogen and oxygen atoms in total. The molecule has 1 N–H and O–H groups in total. The lowest BCUT2D eigenvalue weighted by atomic mass is 10.2. The fourth-order valence-corrected chi connectivity index (χ4v) is 1.69. The number of para-hydroxylation sites is 1. The van der Waals surface area contributed by atoms with Gasteiger partial charge in [-0.1, -0.05) is 12.1 Å². The number of anilines is 1. The number of hydrogen-bond donors (Lipinski definition) is 1. The zero-order valence-corrected chi connectivity index (χ0v) is 10.4. The Labute approximate surface area is 106 Å². The Bertz CT molecular complexity index is 545. The average molecular weight is 245 g/mol. The van der Waals surface area contributed by atoms with Crippen LogP contribution in [-0.2, 0) is 11.3 Å². The third-order valence-electron chi connectivity index (χ3n) is 2.58. The lowest BCUT2D eigenvalue weighted by Crippen LogP contribution is -2.07. The molecule has 0 saturated carbocycles. The normalized spacial score (nSPS) is 10.1. The van der Waals surface area contributed by atoms with Gasteiger partial charge in [0, 0.05) is 5.69 Å². The van der Waals surface area contributed by atoms with Gasteiger partial charge in [-0.05, 0) is 31.2 Å². The summed E-state index contributed by atoms with van der Waals surface area (Å²) in [7, 11) is 1.37. The number of carbonyl (C=O) groups is 1. The minimum atomic E-state index is -0.353. The molecule has 0 spiro atoms. The maximum absolute atomic E-state index is 11.6. The number of hydrogen-bond acceptors (Lipinski definition) is 4. The molecule has 1 aromatic heterocycles. The van der Waals surface area contributed by atoms with Crippen LogP contribution in [0.2, 0.25) is 0 Å². The van der Waals surface area contributed by atoms with Crippen molar-refractivity contribution in [1.29, 1.82) is 0 Å². The Morgan fingerprint density at radius 2 is 2.06 bits per heavy atom. The Kier molecular flexibility index (Phi) is 3.67. The van der Waals surface area contributed by atoms with E-state index in [0.717, 1.165) is 17.2 Å². The van der Waals surface area contributed by atoms with Crippen molar-refractivity contribution in [3.8, 4) is 0 Å². The smallest absolute Gasteiger partial charge is 0.339 e. The van der Waals surface area contributed by atoms with Gasteiger partial charge >= 0.3 is 5.97 Å². The van der Waals surface area contributed by atoms with Crippen molar-refractivity contribution in [3.63, 3.8) is 0 Å². The fourth-order valence-electron chi connectivity index (χ4n) is 1.69. The molecule has 1 aromatic carbocycles. The molecule has 2 aromatic rings. The van der Waals surface area contributed by atoms with Crippen molar-refractivity contribution < 1.29 is 13.9 Å². The molecule has 4 heteroatoms. The van der Waals surface area contributed by atoms with Crippen LogP contribution in [0, 0.1) is 6.92 Å². The van der Waals surface area contributed by atoms with Crippen LogP contribution in [0.15, 0.2) is 40.8 Å². The highest BCUT2D eigenvalue weighted by molar-refractivity contribution is 5.95. The fraction of sp³-hybridized carbons (Fsp3) is 0.214. The lowest BCUT2D eigenvalue weighted by molar-refractivity contribution is 0.0602. The van der Waals surface area contributed by atoms with Gasteiger partial charge in [-0.2, -0.15) is 0 Å². The molecular formula is C14H15NO3. The highest BCUT2D eigenvalue weighted by Crippen LogP contribution is 2.17. The molecule has 2 rings (SSSR count). The SMILES string of the molecule is COC(=O)c1ccccc1NCc1ccc(C)o1. The molecule has 0 aliphatic heterocycles. The van der Waals surface area contributed by atoms with E-state index < -0.39 is 0 Å². The highest BCUT2D eigenvalue weighted by Gasteiger charge is 2.10. The first-order valence-electron chi connectivity index (χ1n) is 5.67. The van der Waals surface area contributed by atoms with Crippen molar-refractivity contribution in [2.75, 3.05) is 12.4 Å². The summed E-state index contributed by atoms with van der Waals surface area (Å²) < 4.78 is 10.2. The van der Waals surface area contributed by atoms with Crippen LogP contribution >= 0.6 is 0 Å². The van der Waals surface area contributed by atoms with Crippen molar-refractivity contribution in [2.24, 2.45) is 0 Å². The third kappa shape index (κ3) is 2.71. The summed E-state index contributed by atoms with van der Waals surface area (Å²) in [6.07, 6.45) is 0. The number of carbonyl (C=O) groups excluding carboxylic acids is 1. The van der Waals surface area contributed by atoms with E-state index in [1.807, 2.05) is 31.2 Å².